The lowest BCUT2D eigenvalue weighted by Gasteiger charge is -2.25. The molecule has 1 heterocycles. The molecule has 0 spiro atoms. The molecule has 1 aliphatic heterocycles. The van der Waals surface area contributed by atoms with Gasteiger partial charge in [0.2, 0.25) is 0 Å². The number of hydrogen-bond donors (Lipinski definition) is 2. The summed E-state index contributed by atoms with van der Waals surface area (Å²) in [7, 11) is 0. The number of ketones is 1. The molecule has 30 heavy (non-hydrogen) atoms. The molecule has 158 valence electrons. The number of aromatic hydroxyl groups is 1. The maximum absolute atomic E-state index is 12.9. The number of likely N-dealkylation sites (tertiary alicyclic amines) is 1. The number of hydrogen-bond acceptors (Lipinski definition) is 5. The average molecular weight is 409 g/mol. The molecule has 1 saturated heterocycles. The molecule has 1 amide bonds. The molecule has 2 aromatic carbocycles. The smallest absolute Gasteiger partial charge is 0.295 e. The number of Topliss-reactive ketones (excluding diaryl/α,β-unsaturated/α-hetero) is 1. The van der Waals surface area contributed by atoms with E-state index >= 15 is 0 Å². The number of carbonyl (C=O) groups excluding carboxylic acids is 2. The van der Waals surface area contributed by atoms with Gasteiger partial charge in [0, 0.05) is 12.1 Å². The summed E-state index contributed by atoms with van der Waals surface area (Å²) in [5.74, 6) is -0.807. The van der Waals surface area contributed by atoms with Crippen molar-refractivity contribution in [2.24, 2.45) is 0 Å². The number of benzene rings is 2. The quantitative estimate of drug-likeness (QED) is 0.402. The normalized spacial score (nSPS) is 18.3. The summed E-state index contributed by atoms with van der Waals surface area (Å²) in [5.41, 5.74) is 1.15. The van der Waals surface area contributed by atoms with Crippen LogP contribution >= 0.6 is 0 Å². The third-order valence-electron chi connectivity index (χ3n) is 5.00. The highest BCUT2D eigenvalue weighted by atomic mass is 16.5. The highest BCUT2D eigenvalue weighted by Crippen LogP contribution is 2.40. The van der Waals surface area contributed by atoms with E-state index in [-0.39, 0.29) is 23.2 Å². The number of unbranched alkanes of at least 4 members (excludes halogenated alkanes) is 1. The Morgan fingerprint density at radius 3 is 2.27 bits per heavy atom. The summed E-state index contributed by atoms with van der Waals surface area (Å²) < 4.78 is 5.62. The van der Waals surface area contributed by atoms with Crippen molar-refractivity contribution in [2.75, 3.05) is 6.54 Å². The van der Waals surface area contributed by atoms with Crippen molar-refractivity contribution in [1.82, 2.24) is 4.90 Å². The van der Waals surface area contributed by atoms with E-state index in [0.717, 1.165) is 12.8 Å². The molecule has 0 saturated carbocycles. The van der Waals surface area contributed by atoms with Gasteiger partial charge in [-0.2, -0.15) is 0 Å². The molecule has 2 aromatic rings. The van der Waals surface area contributed by atoms with Crippen LogP contribution in [-0.2, 0) is 9.59 Å². The van der Waals surface area contributed by atoms with Crippen molar-refractivity contribution < 1.29 is 24.5 Å². The maximum Gasteiger partial charge on any atom is 0.295 e. The van der Waals surface area contributed by atoms with Crippen LogP contribution in [0.2, 0.25) is 0 Å². The SMILES string of the molecule is CCCCN1C(=O)C(=O)/C(=C(\O)c2ccc(OC(C)C)cc2)C1c1ccc(O)cc1. The van der Waals surface area contributed by atoms with E-state index < -0.39 is 17.7 Å². The Balaban J connectivity index is 2.07. The van der Waals surface area contributed by atoms with Crippen LogP contribution in [0.15, 0.2) is 54.1 Å². The molecule has 1 aliphatic rings. The third-order valence-corrected chi connectivity index (χ3v) is 5.00. The van der Waals surface area contributed by atoms with Crippen molar-refractivity contribution >= 4 is 17.4 Å². The van der Waals surface area contributed by atoms with Crippen LogP contribution in [0.25, 0.3) is 5.76 Å². The summed E-state index contributed by atoms with van der Waals surface area (Å²) in [6.45, 7) is 6.25. The second-order valence-corrected chi connectivity index (χ2v) is 7.63. The molecule has 0 bridgehead atoms. The summed E-state index contributed by atoms with van der Waals surface area (Å²) >= 11 is 0. The molecule has 6 nitrogen and oxygen atoms in total. The van der Waals surface area contributed by atoms with Gasteiger partial charge in [0.15, 0.2) is 0 Å². The van der Waals surface area contributed by atoms with Crippen LogP contribution in [0, 0.1) is 0 Å². The Hall–Kier alpha value is -3.28. The van der Waals surface area contributed by atoms with E-state index in [2.05, 4.69) is 0 Å². The Bertz CT molecular complexity index is 945. The molecule has 2 N–H and O–H groups in total. The predicted octanol–water partition coefficient (Wildman–Crippen LogP) is 4.40. The average Bonchev–Trinajstić information content (AvgIpc) is 2.97. The molecule has 1 unspecified atom stereocenters. The van der Waals surface area contributed by atoms with Crippen molar-refractivity contribution in [3.63, 3.8) is 0 Å². The van der Waals surface area contributed by atoms with Crippen LogP contribution in [0.3, 0.4) is 0 Å². The first kappa shape index (κ1) is 21.4. The fourth-order valence-corrected chi connectivity index (χ4v) is 3.56. The summed E-state index contributed by atoms with van der Waals surface area (Å²) in [6.07, 6.45) is 1.62. The molecule has 3 rings (SSSR count). The number of aliphatic hydroxyl groups excluding tert-OH is 1. The number of amides is 1. The van der Waals surface area contributed by atoms with E-state index in [1.165, 1.54) is 17.0 Å². The molecule has 0 aliphatic carbocycles. The molecule has 6 heteroatoms. The lowest BCUT2D eigenvalue weighted by Crippen LogP contribution is -2.30. The third kappa shape index (κ3) is 4.32. The van der Waals surface area contributed by atoms with Gasteiger partial charge in [0.1, 0.15) is 17.3 Å². The number of nitrogens with zero attached hydrogens (tertiary/aromatic N) is 1. The van der Waals surface area contributed by atoms with Gasteiger partial charge >= 0.3 is 0 Å². The minimum atomic E-state index is -0.705. The van der Waals surface area contributed by atoms with Gasteiger partial charge in [-0.15, -0.1) is 0 Å². The Kier molecular flexibility index (Phi) is 6.45. The minimum absolute atomic E-state index is 0.0165. The van der Waals surface area contributed by atoms with Gasteiger partial charge in [-0.3, -0.25) is 9.59 Å². The predicted molar refractivity (Wildman–Crippen MR) is 114 cm³/mol. The van der Waals surface area contributed by atoms with Crippen LogP contribution < -0.4 is 4.74 Å². The zero-order chi connectivity index (χ0) is 21.8. The second kappa shape index (κ2) is 9.03. The lowest BCUT2D eigenvalue weighted by atomic mass is 9.95. The maximum atomic E-state index is 12.9. The van der Waals surface area contributed by atoms with E-state index in [1.54, 1.807) is 36.4 Å². The van der Waals surface area contributed by atoms with Crippen molar-refractivity contribution in [1.29, 1.82) is 0 Å². The fraction of sp³-hybridized carbons (Fsp3) is 0.333. The number of carbonyl (C=O) groups is 2. The molecular formula is C24H27NO5. The van der Waals surface area contributed by atoms with Gasteiger partial charge in [-0.1, -0.05) is 25.5 Å². The van der Waals surface area contributed by atoms with E-state index in [9.17, 15) is 19.8 Å². The van der Waals surface area contributed by atoms with E-state index in [4.69, 9.17) is 4.74 Å². The highest BCUT2D eigenvalue weighted by Gasteiger charge is 2.45. The topological polar surface area (TPSA) is 87.1 Å². The highest BCUT2D eigenvalue weighted by molar-refractivity contribution is 6.46. The monoisotopic (exact) mass is 409 g/mol. The van der Waals surface area contributed by atoms with E-state index in [0.29, 0.717) is 23.4 Å². The van der Waals surface area contributed by atoms with Crippen molar-refractivity contribution in [2.45, 2.75) is 45.8 Å². The first-order chi connectivity index (χ1) is 14.3. The molecule has 1 fully saturated rings. The Morgan fingerprint density at radius 1 is 1.07 bits per heavy atom. The van der Waals surface area contributed by atoms with E-state index in [1.807, 2.05) is 20.8 Å². The van der Waals surface area contributed by atoms with Crippen LogP contribution in [-0.4, -0.2) is 39.5 Å². The van der Waals surface area contributed by atoms with Gasteiger partial charge in [-0.05, 0) is 62.2 Å². The molecule has 0 aromatic heterocycles. The lowest BCUT2D eigenvalue weighted by molar-refractivity contribution is -0.139. The number of ether oxygens (including phenoxy) is 1. The van der Waals surface area contributed by atoms with Crippen molar-refractivity contribution in [3.05, 3.63) is 65.2 Å². The standard InChI is InChI=1S/C24H27NO5/c1-4-5-14-25-21(16-6-10-18(26)11-7-16)20(23(28)24(25)29)22(27)17-8-12-19(13-9-17)30-15(2)3/h6-13,15,21,26-27H,4-5,14H2,1-3H3/b22-20-. The molecule has 0 radical (unpaired) electrons. The van der Waals surface area contributed by atoms with Gasteiger partial charge < -0.3 is 19.8 Å². The fourth-order valence-electron chi connectivity index (χ4n) is 3.56. The van der Waals surface area contributed by atoms with Crippen LogP contribution in [0.1, 0.15) is 50.8 Å². The number of phenolic OH excluding ortho intramolecular Hbond substituents is 1. The van der Waals surface area contributed by atoms with Gasteiger partial charge in [-0.25, -0.2) is 0 Å². The van der Waals surface area contributed by atoms with Crippen LogP contribution in [0.5, 0.6) is 11.5 Å². The molecule has 1 atom stereocenters. The first-order valence-corrected chi connectivity index (χ1v) is 10.2. The largest absolute Gasteiger partial charge is 0.508 e. The number of aliphatic hydroxyl groups is 1. The van der Waals surface area contributed by atoms with Gasteiger partial charge in [0.25, 0.3) is 11.7 Å². The van der Waals surface area contributed by atoms with Crippen molar-refractivity contribution in [3.8, 4) is 11.5 Å². The summed E-state index contributed by atoms with van der Waals surface area (Å²) in [6, 6.07) is 12.4. The number of phenols is 1. The zero-order valence-electron chi connectivity index (χ0n) is 17.5. The minimum Gasteiger partial charge on any atom is -0.508 e. The second-order valence-electron chi connectivity index (χ2n) is 7.63. The Morgan fingerprint density at radius 2 is 1.70 bits per heavy atom. The first-order valence-electron chi connectivity index (χ1n) is 10.2. The van der Waals surface area contributed by atoms with Crippen LogP contribution in [0.4, 0.5) is 0 Å². The summed E-state index contributed by atoms with van der Waals surface area (Å²) in [5, 5.41) is 20.6. The number of rotatable bonds is 7. The van der Waals surface area contributed by atoms with Gasteiger partial charge in [0.05, 0.1) is 17.7 Å². The Labute approximate surface area is 176 Å². The molecular weight excluding hydrogens is 382 g/mol. The zero-order valence-corrected chi connectivity index (χ0v) is 17.5. The summed E-state index contributed by atoms with van der Waals surface area (Å²) in [4.78, 5) is 27.1.